The molecule has 0 aliphatic carbocycles. The van der Waals surface area contributed by atoms with Crippen LogP contribution in [0.1, 0.15) is 15.9 Å². The molecule has 7 nitrogen and oxygen atoms in total. The minimum Gasteiger partial charge on any atom is -0.325 e. The molecule has 9 heteroatoms. The third kappa shape index (κ3) is 6.84. The van der Waals surface area contributed by atoms with Crippen molar-refractivity contribution >= 4 is 46.6 Å². The number of hydrogen-bond donors (Lipinski definition) is 3. The molecule has 148 valence electrons. The zero-order valence-electron chi connectivity index (χ0n) is 15.4. The normalized spacial score (nSPS) is 10.5. The molecule has 0 fully saturated rings. The standard InChI is InChI=1S/C19H20Cl2N4O3/c1-12-3-5-13(6-4-12)19(28)24-23-18(27)11-25(2)10-17(26)22-14-7-8-15(20)16(21)9-14/h3-9H,10-11H2,1-2H3,(H,22,26)(H,23,27)(H,24,28). The number of rotatable bonds is 6. The lowest BCUT2D eigenvalue weighted by Crippen LogP contribution is -2.46. The van der Waals surface area contributed by atoms with Gasteiger partial charge in [0.1, 0.15) is 0 Å². The Morgan fingerprint density at radius 3 is 2.18 bits per heavy atom. The van der Waals surface area contributed by atoms with E-state index < -0.39 is 11.8 Å². The molecular formula is C19H20Cl2N4O3. The van der Waals surface area contributed by atoms with Gasteiger partial charge in [-0.25, -0.2) is 0 Å². The molecule has 2 rings (SSSR count). The summed E-state index contributed by atoms with van der Waals surface area (Å²) in [5, 5.41) is 3.39. The first-order valence-corrected chi connectivity index (χ1v) is 9.09. The predicted octanol–water partition coefficient (Wildman–Crippen LogP) is 2.63. The number of nitrogens with zero attached hydrogens (tertiary/aromatic N) is 1. The van der Waals surface area contributed by atoms with Crippen molar-refractivity contribution in [3.63, 3.8) is 0 Å². The molecule has 0 saturated carbocycles. The second kappa shape index (κ2) is 10.1. The summed E-state index contributed by atoms with van der Waals surface area (Å²) < 4.78 is 0. The van der Waals surface area contributed by atoms with Gasteiger partial charge in [-0.3, -0.25) is 30.1 Å². The molecule has 0 aromatic heterocycles. The van der Waals surface area contributed by atoms with Crippen molar-refractivity contribution in [2.45, 2.75) is 6.92 Å². The van der Waals surface area contributed by atoms with Gasteiger partial charge in [0.05, 0.1) is 23.1 Å². The number of carbonyl (C=O) groups is 3. The smallest absolute Gasteiger partial charge is 0.269 e. The van der Waals surface area contributed by atoms with E-state index >= 15 is 0 Å². The zero-order valence-corrected chi connectivity index (χ0v) is 16.9. The molecule has 0 unspecified atom stereocenters. The van der Waals surface area contributed by atoms with Crippen molar-refractivity contribution in [1.82, 2.24) is 15.8 Å². The summed E-state index contributed by atoms with van der Waals surface area (Å²) >= 11 is 11.7. The first kappa shape index (κ1) is 21.7. The minimum absolute atomic E-state index is 0.0282. The highest BCUT2D eigenvalue weighted by atomic mass is 35.5. The number of benzene rings is 2. The number of nitrogens with one attached hydrogen (secondary N) is 3. The van der Waals surface area contributed by atoms with E-state index in [1.807, 2.05) is 6.92 Å². The first-order chi connectivity index (χ1) is 13.2. The van der Waals surface area contributed by atoms with Crippen molar-refractivity contribution in [3.05, 3.63) is 63.6 Å². The van der Waals surface area contributed by atoms with Crippen LogP contribution in [0.15, 0.2) is 42.5 Å². The quantitative estimate of drug-likeness (QED) is 0.624. The lowest BCUT2D eigenvalue weighted by Gasteiger charge is -2.16. The third-order valence-electron chi connectivity index (χ3n) is 3.66. The highest BCUT2D eigenvalue weighted by Gasteiger charge is 2.13. The average molecular weight is 423 g/mol. The van der Waals surface area contributed by atoms with Gasteiger partial charge in [0.25, 0.3) is 11.8 Å². The van der Waals surface area contributed by atoms with Crippen molar-refractivity contribution in [2.24, 2.45) is 0 Å². The summed E-state index contributed by atoms with van der Waals surface area (Å²) in [4.78, 5) is 37.4. The number of aryl methyl sites for hydroxylation is 1. The maximum atomic E-state index is 12.0. The van der Waals surface area contributed by atoms with Crippen LogP contribution in [0.25, 0.3) is 0 Å². The number of carbonyl (C=O) groups excluding carboxylic acids is 3. The monoisotopic (exact) mass is 422 g/mol. The van der Waals surface area contributed by atoms with E-state index in [4.69, 9.17) is 23.2 Å². The Balaban J connectivity index is 1.75. The van der Waals surface area contributed by atoms with Gasteiger partial charge in [0.15, 0.2) is 0 Å². The van der Waals surface area contributed by atoms with Gasteiger partial charge in [0, 0.05) is 11.3 Å². The van der Waals surface area contributed by atoms with Gasteiger partial charge in [-0.05, 0) is 44.3 Å². The van der Waals surface area contributed by atoms with Crippen molar-refractivity contribution < 1.29 is 14.4 Å². The zero-order chi connectivity index (χ0) is 20.7. The van der Waals surface area contributed by atoms with Gasteiger partial charge in [-0.1, -0.05) is 40.9 Å². The average Bonchev–Trinajstić information content (AvgIpc) is 2.63. The number of amides is 3. The maximum Gasteiger partial charge on any atom is 0.269 e. The number of anilines is 1. The summed E-state index contributed by atoms with van der Waals surface area (Å²) in [6.07, 6.45) is 0. The molecule has 0 spiro atoms. The molecule has 0 saturated heterocycles. The van der Waals surface area contributed by atoms with Gasteiger partial charge < -0.3 is 5.32 Å². The fourth-order valence-corrected chi connectivity index (χ4v) is 2.56. The van der Waals surface area contributed by atoms with Gasteiger partial charge >= 0.3 is 0 Å². The summed E-state index contributed by atoms with van der Waals surface area (Å²) in [6, 6.07) is 11.7. The Morgan fingerprint density at radius 1 is 0.893 bits per heavy atom. The number of halogens is 2. The molecule has 3 amide bonds. The number of hydrogen-bond acceptors (Lipinski definition) is 4. The topological polar surface area (TPSA) is 90.5 Å². The Bertz CT molecular complexity index is 872. The molecule has 0 heterocycles. The lowest BCUT2D eigenvalue weighted by molar-refractivity contribution is -0.123. The van der Waals surface area contributed by atoms with E-state index in [-0.39, 0.29) is 19.0 Å². The van der Waals surface area contributed by atoms with Crippen LogP contribution in [0.5, 0.6) is 0 Å². The Morgan fingerprint density at radius 2 is 1.54 bits per heavy atom. The molecule has 0 atom stereocenters. The number of likely N-dealkylation sites (N-methyl/N-ethyl adjacent to an activating group) is 1. The van der Waals surface area contributed by atoms with E-state index in [1.54, 1.807) is 43.4 Å². The molecule has 0 aliphatic rings. The van der Waals surface area contributed by atoms with Crippen molar-refractivity contribution in [2.75, 3.05) is 25.5 Å². The molecule has 2 aromatic rings. The van der Waals surface area contributed by atoms with E-state index in [0.29, 0.717) is 21.3 Å². The molecular weight excluding hydrogens is 403 g/mol. The second-order valence-corrected chi connectivity index (χ2v) is 7.03. The highest BCUT2D eigenvalue weighted by Crippen LogP contribution is 2.24. The third-order valence-corrected chi connectivity index (χ3v) is 4.40. The van der Waals surface area contributed by atoms with E-state index in [2.05, 4.69) is 16.2 Å². The highest BCUT2D eigenvalue weighted by molar-refractivity contribution is 6.42. The summed E-state index contributed by atoms with van der Waals surface area (Å²) in [7, 11) is 1.61. The SMILES string of the molecule is Cc1ccc(C(=O)NNC(=O)CN(C)CC(=O)Nc2ccc(Cl)c(Cl)c2)cc1. The summed E-state index contributed by atoms with van der Waals surface area (Å²) in [5.41, 5.74) is 6.62. The molecule has 2 aromatic carbocycles. The molecule has 0 bridgehead atoms. The van der Waals surface area contributed by atoms with Gasteiger partial charge in [0.2, 0.25) is 5.91 Å². The van der Waals surface area contributed by atoms with Crippen molar-refractivity contribution in [1.29, 1.82) is 0 Å². The molecule has 28 heavy (non-hydrogen) atoms. The van der Waals surface area contributed by atoms with Crippen LogP contribution in [0.4, 0.5) is 5.69 Å². The molecule has 0 aliphatic heterocycles. The van der Waals surface area contributed by atoms with Crippen LogP contribution in [-0.4, -0.2) is 42.8 Å². The fourth-order valence-electron chi connectivity index (χ4n) is 2.26. The summed E-state index contributed by atoms with van der Waals surface area (Å²) in [6.45, 7) is 1.81. The van der Waals surface area contributed by atoms with E-state index in [0.717, 1.165) is 5.56 Å². The molecule has 0 radical (unpaired) electrons. The second-order valence-electron chi connectivity index (χ2n) is 6.22. The van der Waals surface area contributed by atoms with Crippen LogP contribution in [0.3, 0.4) is 0 Å². The van der Waals surface area contributed by atoms with Crippen LogP contribution in [0, 0.1) is 6.92 Å². The van der Waals surface area contributed by atoms with E-state index in [1.165, 1.54) is 11.0 Å². The van der Waals surface area contributed by atoms with Gasteiger partial charge in [-0.15, -0.1) is 0 Å². The molecule has 3 N–H and O–H groups in total. The minimum atomic E-state index is -0.453. The predicted molar refractivity (Wildman–Crippen MR) is 109 cm³/mol. The van der Waals surface area contributed by atoms with Gasteiger partial charge in [-0.2, -0.15) is 0 Å². The maximum absolute atomic E-state index is 12.0. The van der Waals surface area contributed by atoms with Crippen LogP contribution in [-0.2, 0) is 9.59 Å². The van der Waals surface area contributed by atoms with Crippen molar-refractivity contribution in [3.8, 4) is 0 Å². The van der Waals surface area contributed by atoms with E-state index in [9.17, 15) is 14.4 Å². The largest absolute Gasteiger partial charge is 0.325 e. The first-order valence-electron chi connectivity index (χ1n) is 8.34. The summed E-state index contributed by atoms with van der Waals surface area (Å²) in [5.74, 6) is -1.20. The van der Waals surface area contributed by atoms with Crippen LogP contribution >= 0.6 is 23.2 Å². The number of hydrazine groups is 1. The fraction of sp³-hybridized carbons (Fsp3) is 0.211. The lowest BCUT2D eigenvalue weighted by atomic mass is 10.1. The van der Waals surface area contributed by atoms with Crippen LogP contribution in [0.2, 0.25) is 10.0 Å². The Labute approximate surface area is 173 Å². The van der Waals surface area contributed by atoms with Crippen LogP contribution < -0.4 is 16.2 Å². The Hall–Kier alpha value is -2.61. The Kier molecular flexibility index (Phi) is 7.80.